The minimum atomic E-state index is 0.161. The molecule has 0 unspecified atom stereocenters. The maximum Gasteiger partial charge on any atom is 0.236 e. The van der Waals surface area contributed by atoms with Crippen LogP contribution in [-0.4, -0.2) is 69.7 Å². The van der Waals surface area contributed by atoms with Gasteiger partial charge < -0.3 is 14.5 Å². The number of amides is 1. The summed E-state index contributed by atoms with van der Waals surface area (Å²) in [5.41, 5.74) is 2.32. The highest BCUT2D eigenvalue weighted by molar-refractivity contribution is 5.78. The van der Waals surface area contributed by atoms with Crippen molar-refractivity contribution in [3.8, 4) is 0 Å². The van der Waals surface area contributed by atoms with Crippen LogP contribution >= 0.6 is 0 Å². The summed E-state index contributed by atoms with van der Waals surface area (Å²) < 4.78 is 5.30. The van der Waals surface area contributed by atoms with Crippen molar-refractivity contribution in [2.75, 3.05) is 58.9 Å². The lowest BCUT2D eigenvalue weighted by molar-refractivity contribution is -0.132. The number of ether oxygens (including phenoxy) is 1. The molecule has 1 amide bonds. The summed E-state index contributed by atoms with van der Waals surface area (Å²) in [6.45, 7) is 4.27. The van der Waals surface area contributed by atoms with Gasteiger partial charge in [0.2, 0.25) is 5.91 Å². The van der Waals surface area contributed by atoms with Gasteiger partial charge in [0, 0.05) is 46.5 Å². The fourth-order valence-corrected chi connectivity index (χ4v) is 2.33. The molecule has 0 saturated carbocycles. The van der Waals surface area contributed by atoms with E-state index in [1.54, 1.807) is 4.90 Å². The maximum atomic E-state index is 12.2. The number of carbonyl (C=O) groups excluding carboxylic acids is 1. The van der Waals surface area contributed by atoms with Gasteiger partial charge in [-0.2, -0.15) is 0 Å². The van der Waals surface area contributed by atoms with Crippen LogP contribution in [0.1, 0.15) is 5.56 Å². The highest BCUT2D eigenvalue weighted by Crippen LogP contribution is 2.13. The van der Waals surface area contributed by atoms with Gasteiger partial charge in [-0.1, -0.05) is 12.1 Å². The predicted octanol–water partition coefficient (Wildman–Crippen LogP) is 1.04. The Morgan fingerprint density at radius 2 is 1.76 bits per heavy atom. The summed E-state index contributed by atoms with van der Waals surface area (Å²) in [4.78, 5) is 18.2. The van der Waals surface area contributed by atoms with Crippen LogP contribution in [0.25, 0.3) is 0 Å². The van der Waals surface area contributed by atoms with Crippen LogP contribution in [-0.2, 0) is 16.1 Å². The van der Waals surface area contributed by atoms with Gasteiger partial charge in [0.15, 0.2) is 0 Å². The molecule has 1 saturated heterocycles. The zero-order chi connectivity index (χ0) is 15.2. The number of benzene rings is 1. The molecule has 1 heterocycles. The molecule has 1 aliphatic rings. The third-order valence-electron chi connectivity index (χ3n) is 3.76. The normalized spacial score (nSPS) is 15.8. The van der Waals surface area contributed by atoms with Crippen molar-refractivity contribution in [1.82, 2.24) is 9.80 Å². The number of anilines is 1. The van der Waals surface area contributed by atoms with E-state index in [0.717, 1.165) is 31.9 Å². The number of nitrogens with zero attached hydrogens (tertiary/aromatic N) is 3. The number of carbonyl (C=O) groups is 1. The third-order valence-corrected chi connectivity index (χ3v) is 3.76. The second-order valence-corrected chi connectivity index (χ2v) is 5.70. The van der Waals surface area contributed by atoms with E-state index in [-0.39, 0.29) is 5.91 Å². The van der Waals surface area contributed by atoms with Crippen molar-refractivity contribution >= 4 is 11.6 Å². The SMILES string of the molecule is CN(Cc1ccc(N(C)C)cc1)C(=O)CN1CCOCC1. The Balaban J connectivity index is 1.84. The Morgan fingerprint density at radius 3 is 2.33 bits per heavy atom. The summed E-state index contributed by atoms with van der Waals surface area (Å²) in [6.07, 6.45) is 0. The van der Waals surface area contributed by atoms with Gasteiger partial charge in [-0.15, -0.1) is 0 Å². The van der Waals surface area contributed by atoms with Gasteiger partial charge in [-0.25, -0.2) is 0 Å². The molecule has 1 aliphatic heterocycles. The first-order valence-electron chi connectivity index (χ1n) is 7.36. The fraction of sp³-hybridized carbons (Fsp3) is 0.562. The quantitative estimate of drug-likeness (QED) is 0.812. The van der Waals surface area contributed by atoms with E-state index in [0.29, 0.717) is 13.1 Å². The second-order valence-electron chi connectivity index (χ2n) is 5.70. The summed E-state index contributed by atoms with van der Waals surface area (Å²) in [6, 6.07) is 8.31. The third kappa shape index (κ3) is 4.72. The highest BCUT2D eigenvalue weighted by Gasteiger charge is 2.16. The topological polar surface area (TPSA) is 36.0 Å². The first-order chi connectivity index (χ1) is 10.1. The predicted molar refractivity (Wildman–Crippen MR) is 84.5 cm³/mol. The van der Waals surface area contributed by atoms with Crippen molar-refractivity contribution in [1.29, 1.82) is 0 Å². The summed E-state index contributed by atoms with van der Waals surface area (Å²) in [7, 11) is 5.91. The summed E-state index contributed by atoms with van der Waals surface area (Å²) in [5, 5.41) is 0. The molecule has 5 nitrogen and oxygen atoms in total. The molecule has 0 bridgehead atoms. The Kier molecular flexibility index (Phi) is 5.59. The van der Waals surface area contributed by atoms with Gasteiger partial charge in [0.1, 0.15) is 0 Å². The highest BCUT2D eigenvalue weighted by atomic mass is 16.5. The van der Waals surface area contributed by atoms with E-state index < -0.39 is 0 Å². The minimum absolute atomic E-state index is 0.161. The first-order valence-corrected chi connectivity index (χ1v) is 7.36. The number of likely N-dealkylation sites (N-methyl/N-ethyl adjacent to an activating group) is 1. The summed E-state index contributed by atoms with van der Waals surface area (Å²) >= 11 is 0. The molecule has 0 aromatic heterocycles. The first kappa shape index (κ1) is 15.8. The van der Waals surface area contributed by atoms with Crippen molar-refractivity contribution in [3.63, 3.8) is 0 Å². The molecule has 2 rings (SSSR count). The van der Waals surface area contributed by atoms with E-state index in [2.05, 4.69) is 34.1 Å². The molecule has 116 valence electrons. The molecular weight excluding hydrogens is 266 g/mol. The van der Waals surface area contributed by atoms with E-state index in [1.165, 1.54) is 5.69 Å². The molecule has 1 aromatic rings. The van der Waals surface area contributed by atoms with Gasteiger partial charge in [0.25, 0.3) is 0 Å². The zero-order valence-corrected chi connectivity index (χ0v) is 13.2. The van der Waals surface area contributed by atoms with Gasteiger partial charge >= 0.3 is 0 Å². The molecule has 0 spiro atoms. The molecule has 0 aliphatic carbocycles. The van der Waals surface area contributed by atoms with E-state index in [1.807, 2.05) is 21.1 Å². The van der Waals surface area contributed by atoms with Crippen molar-refractivity contribution in [2.45, 2.75) is 6.54 Å². The lowest BCUT2D eigenvalue weighted by Crippen LogP contribution is -2.43. The molecule has 1 fully saturated rings. The van der Waals surface area contributed by atoms with Crippen LogP contribution in [0.15, 0.2) is 24.3 Å². The van der Waals surface area contributed by atoms with E-state index >= 15 is 0 Å². The van der Waals surface area contributed by atoms with Crippen LogP contribution < -0.4 is 4.90 Å². The summed E-state index contributed by atoms with van der Waals surface area (Å²) in [5.74, 6) is 0.161. The molecule has 21 heavy (non-hydrogen) atoms. The Hall–Kier alpha value is -1.59. The zero-order valence-electron chi connectivity index (χ0n) is 13.2. The van der Waals surface area contributed by atoms with Crippen LogP contribution in [0.4, 0.5) is 5.69 Å². The Bertz CT molecular complexity index is 453. The second kappa shape index (κ2) is 7.43. The number of morpholine rings is 1. The maximum absolute atomic E-state index is 12.2. The lowest BCUT2D eigenvalue weighted by Gasteiger charge is -2.28. The van der Waals surface area contributed by atoms with Crippen LogP contribution in [0.3, 0.4) is 0 Å². The molecule has 0 atom stereocenters. The largest absolute Gasteiger partial charge is 0.379 e. The van der Waals surface area contributed by atoms with Gasteiger partial charge in [0.05, 0.1) is 19.8 Å². The van der Waals surface area contributed by atoms with Crippen molar-refractivity contribution < 1.29 is 9.53 Å². The molecule has 5 heteroatoms. The molecule has 0 N–H and O–H groups in total. The number of hydrogen-bond acceptors (Lipinski definition) is 4. The molecular formula is C16H25N3O2. The number of rotatable bonds is 5. The van der Waals surface area contributed by atoms with Crippen molar-refractivity contribution in [3.05, 3.63) is 29.8 Å². The van der Waals surface area contributed by atoms with Gasteiger partial charge in [-0.3, -0.25) is 9.69 Å². The molecule has 1 aromatic carbocycles. The average Bonchev–Trinajstić information content (AvgIpc) is 2.48. The van der Waals surface area contributed by atoms with Gasteiger partial charge in [-0.05, 0) is 17.7 Å². The van der Waals surface area contributed by atoms with E-state index in [4.69, 9.17) is 4.74 Å². The van der Waals surface area contributed by atoms with Crippen molar-refractivity contribution in [2.24, 2.45) is 0 Å². The van der Waals surface area contributed by atoms with Crippen LogP contribution in [0.2, 0.25) is 0 Å². The monoisotopic (exact) mass is 291 g/mol. The standard InChI is InChI=1S/C16H25N3O2/c1-17(2)15-6-4-14(5-7-15)12-18(3)16(20)13-19-8-10-21-11-9-19/h4-7H,8-13H2,1-3H3. The minimum Gasteiger partial charge on any atom is -0.379 e. The smallest absolute Gasteiger partial charge is 0.236 e. The average molecular weight is 291 g/mol. The van der Waals surface area contributed by atoms with Crippen LogP contribution in [0.5, 0.6) is 0 Å². The molecule has 0 radical (unpaired) electrons. The lowest BCUT2D eigenvalue weighted by atomic mass is 10.2. The Morgan fingerprint density at radius 1 is 1.14 bits per heavy atom. The Labute approximate surface area is 127 Å². The number of hydrogen-bond donors (Lipinski definition) is 0. The fourth-order valence-electron chi connectivity index (χ4n) is 2.33. The van der Waals surface area contributed by atoms with Crippen LogP contribution in [0, 0.1) is 0 Å². The van der Waals surface area contributed by atoms with E-state index in [9.17, 15) is 4.79 Å².